The molecule has 2 aromatic heterocycles. The fraction of sp³-hybridized carbons (Fsp3) is 0.446. The van der Waals surface area contributed by atoms with Crippen LogP contribution < -0.4 is 30.4 Å². The van der Waals surface area contributed by atoms with Gasteiger partial charge in [0.05, 0.1) is 32.3 Å². The van der Waals surface area contributed by atoms with Gasteiger partial charge in [-0.1, -0.05) is 101 Å². The van der Waals surface area contributed by atoms with Gasteiger partial charge in [-0.25, -0.2) is 4.98 Å². The van der Waals surface area contributed by atoms with Crippen molar-refractivity contribution in [2.45, 2.75) is 142 Å². The van der Waals surface area contributed by atoms with Crippen molar-refractivity contribution in [1.82, 2.24) is 19.5 Å². The number of fused-ring (bicyclic) bond motifs is 1. The van der Waals surface area contributed by atoms with Gasteiger partial charge < -0.3 is 38.7 Å². The summed E-state index contributed by atoms with van der Waals surface area (Å²) in [6.07, 6.45) is -3.45. The molecule has 0 bridgehead atoms. The van der Waals surface area contributed by atoms with Crippen molar-refractivity contribution in [2.75, 3.05) is 24.9 Å². The summed E-state index contributed by atoms with van der Waals surface area (Å²) in [5.74, 6) is 0.878. The molecule has 1 fully saturated rings. The van der Waals surface area contributed by atoms with Gasteiger partial charge >= 0.3 is 0 Å². The number of nitrogen functional groups attached to an aromatic ring is 1. The van der Waals surface area contributed by atoms with Crippen LogP contribution in [0.4, 0.5) is 11.6 Å². The van der Waals surface area contributed by atoms with E-state index in [9.17, 15) is 10.1 Å². The normalized spacial score (nSPS) is 17.9. The first-order valence-corrected chi connectivity index (χ1v) is 27.6. The molecule has 3 heterocycles. The lowest BCUT2D eigenvalue weighted by Gasteiger charge is -2.44. The number of carbonyl (C=O) groups is 1. The topological polar surface area (TPSA) is 189 Å². The third-order valence-electron chi connectivity index (χ3n) is 14.0. The van der Waals surface area contributed by atoms with Crippen LogP contribution in [0.3, 0.4) is 0 Å². The van der Waals surface area contributed by atoms with Gasteiger partial charge in [-0.3, -0.25) is 19.1 Å². The Balaban J connectivity index is 1.55. The summed E-state index contributed by atoms with van der Waals surface area (Å²) in [4.78, 5) is 43.1. The SMILES string of the molecule is COc1ccc(C(OC(C(=O)C(C)C)[C@H]2O[C@@H](n3cnc4c(=O)[nH]c(N)nc43)[C@H](Oc3cccc(CCC#N)c3N(C(C)C)C(C)C)[C@@H]2O[Si](C)(C)C(C)(C)C)(c2ccccc2)c2ccc(OC)cc2)cc1. The number of aromatic amines is 1. The maximum absolute atomic E-state index is 15.7. The number of nitrogens with two attached hydrogens (primary N) is 1. The monoisotopic (exact) mass is 998 g/mol. The third kappa shape index (κ3) is 10.5. The smallest absolute Gasteiger partial charge is 0.280 e. The van der Waals surface area contributed by atoms with Crippen LogP contribution in [0.25, 0.3) is 11.2 Å². The zero-order valence-electron chi connectivity index (χ0n) is 43.9. The Morgan fingerprint density at radius 2 is 1.44 bits per heavy atom. The van der Waals surface area contributed by atoms with Gasteiger partial charge in [0.15, 0.2) is 37.6 Å². The van der Waals surface area contributed by atoms with E-state index >= 15 is 4.79 Å². The molecule has 1 saturated heterocycles. The van der Waals surface area contributed by atoms with Crippen LogP contribution in [0.5, 0.6) is 17.2 Å². The van der Waals surface area contributed by atoms with Crippen molar-refractivity contribution in [2.24, 2.45) is 5.92 Å². The number of benzene rings is 4. The second kappa shape index (κ2) is 21.7. The highest BCUT2D eigenvalue weighted by molar-refractivity contribution is 6.74. The predicted molar refractivity (Wildman–Crippen MR) is 283 cm³/mol. The third-order valence-corrected chi connectivity index (χ3v) is 18.5. The first-order chi connectivity index (χ1) is 34.2. The summed E-state index contributed by atoms with van der Waals surface area (Å²) in [5.41, 5.74) is 8.37. The maximum atomic E-state index is 15.7. The molecule has 0 amide bonds. The number of imidazole rings is 1. The zero-order valence-corrected chi connectivity index (χ0v) is 44.9. The van der Waals surface area contributed by atoms with Gasteiger partial charge in [0.2, 0.25) is 5.95 Å². The highest BCUT2D eigenvalue weighted by Gasteiger charge is 2.58. The lowest BCUT2D eigenvalue weighted by atomic mass is 9.79. The number of hydrogen-bond donors (Lipinski definition) is 2. The van der Waals surface area contributed by atoms with Crippen LogP contribution >= 0.6 is 0 Å². The molecule has 7 rings (SSSR count). The molecular weight excluding hydrogens is 927 g/mol. The van der Waals surface area contributed by atoms with Gasteiger partial charge in [0, 0.05) is 24.4 Å². The number of nitrogens with zero attached hydrogens (tertiary/aromatic N) is 5. The summed E-state index contributed by atoms with van der Waals surface area (Å²) in [7, 11) is 0.377. The highest BCUT2D eigenvalue weighted by atomic mass is 28.4. The molecule has 0 aliphatic carbocycles. The quantitative estimate of drug-likeness (QED) is 0.0544. The standard InChI is InChI=1S/C56H71N7O8Si/c1-34(2)46(64)47(70-56(38-21-15-14-16-22-38,39-24-28-41(66-10)29-25-39)40-26-30-42(67-11)31-27-40)48-49(71-72(12,13)55(7,8)9)50(53(69-48)62-33-59-44-51(62)60-54(58)61-52(44)65)68-43-23-17-19-37(20-18-32-57)45(43)63(35(3)4)36(5)6/h14-17,19,21-31,33-36,47-50,53H,18,20H2,1-13H3,(H3,58,60,61,65)/t47?,48-,49-,50-,53-/m1/s1. The number of nitrogens with one attached hydrogen (secondary N) is 1. The Morgan fingerprint density at radius 3 is 1.97 bits per heavy atom. The Bertz CT molecular complexity index is 2850. The number of methoxy groups -OCH3 is 2. The van der Waals surface area contributed by atoms with Crippen LogP contribution in [-0.4, -0.2) is 84.3 Å². The lowest BCUT2D eigenvalue weighted by Crippen LogP contribution is -2.56. The van der Waals surface area contributed by atoms with Crippen LogP contribution in [0.15, 0.2) is 108 Å². The van der Waals surface area contributed by atoms with Gasteiger partial charge in [-0.05, 0) is 105 Å². The summed E-state index contributed by atoms with van der Waals surface area (Å²) < 4.78 is 43.4. The molecule has 3 N–H and O–H groups in total. The van der Waals surface area contributed by atoms with Crippen molar-refractivity contribution in [1.29, 1.82) is 5.26 Å². The Morgan fingerprint density at radius 1 is 0.861 bits per heavy atom. The number of anilines is 2. The van der Waals surface area contributed by atoms with Crippen molar-refractivity contribution < 1.29 is 32.9 Å². The number of aryl methyl sites for hydroxylation is 1. The predicted octanol–water partition coefficient (Wildman–Crippen LogP) is 10.1. The van der Waals surface area contributed by atoms with Crippen LogP contribution in [0, 0.1) is 17.2 Å². The van der Waals surface area contributed by atoms with Crippen LogP contribution in [0.1, 0.15) is 97.2 Å². The second-order valence-electron chi connectivity index (χ2n) is 20.8. The number of Topliss-reactive ketones (excluding diaryl/α,β-unsaturated/α-hetero) is 1. The van der Waals surface area contributed by atoms with Crippen molar-refractivity contribution >= 4 is 36.9 Å². The number of nitriles is 1. The first kappa shape index (κ1) is 53.3. The average molecular weight is 998 g/mol. The molecule has 0 radical (unpaired) electrons. The Labute approximate surface area is 424 Å². The van der Waals surface area contributed by atoms with Gasteiger partial charge in [-0.15, -0.1) is 0 Å². The first-order valence-electron chi connectivity index (χ1n) is 24.7. The number of carbonyl (C=O) groups excluding carboxylic acids is 1. The molecule has 0 saturated carbocycles. The Kier molecular flexibility index (Phi) is 16.0. The molecule has 72 heavy (non-hydrogen) atoms. The van der Waals surface area contributed by atoms with E-state index in [1.807, 2.05) is 111 Å². The van der Waals surface area contributed by atoms with Crippen LogP contribution in [0.2, 0.25) is 18.1 Å². The van der Waals surface area contributed by atoms with E-state index in [4.69, 9.17) is 33.8 Å². The molecule has 0 spiro atoms. The molecule has 382 valence electrons. The van der Waals surface area contributed by atoms with Gasteiger partial charge in [0.1, 0.15) is 41.2 Å². The van der Waals surface area contributed by atoms with E-state index in [0.717, 1.165) is 16.8 Å². The average Bonchev–Trinajstić information content (AvgIpc) is 3.92. The number of para-hydroxylation sites is 1. The van der Waals surface area contributed by atoms with E-state index in [0.29, 0.717) is 41.2 Å². The summed E-state index contributed by atoms with van der Waals surface area (Å²) in [5, 5.41) is 9.50. The fourth-order valence-electron chi connectivity index (χ4n) is 9.48. The molecule has 1 aliphatic heterocycles. The van der Waals surface area contributed by atoms with Crippen LogP contribution in [-0.2, 0) is 30.7 Å². The lowest BCUT2D eigenvalue weighted by molar-refractivity contribution is -0.167. The van der Waals surface area contributed by atoms with Crippen molar-refractivity contribution in [3.05, 3.63) is 136 Å². The number of ether oxygens (including phenoxy) is 5. The summed E-state index contributed by atoms with van der Waals surface area (Å²) in [6, 6.07) is 33.3. The van der Waals surface area contributed by atoms with E-state index in [1.54, 1.807) is 18.8 Å². The van der Waals surface area contributed by atoms with Gasteiger partial charge in [-0.2, -0.15) is 10.2 Å². The fourth-order valence-corrected chi connectivity index (χ4v) is 10.8. The van der Waals surface area contributed by atoms with Crippen molar-refractivity contribution in [3.63, 3.8) is 0 Å². The number of aromatic nitrogens is 4. The van der Waals surface area contributed by atoms with E-state index < -0.39 is 56.0 Å². The molecule has 6 aromatic rings. The summed E-state index contributed by atoms with van der Waals surface area (Å²) >= 11 is 0. The largest absolute Gasteiger partial charge is 0.497 e. The molecule has 4 aromatic carbocycles. The minimum absolute atomic E-state index is 0.0261. The maximum Gasteiger partial charge on any atom is 0.280 e. The molecule has 1 aliphatic rings. The molecule has 15 nitrogen and oxygen atoms in total. The van der Waals surface area contributed by atoms with E-state index in [2.05, 4.69) is 87.5 Å². The highest BCUT2D eigenvalue weighted by Crippen LogP contribution is 2.49. The van der Waals surface area contributed by atoms with Gasteiger partial charge in [0.25, 0.3) is 5.56 Å². The molecule has 1 unspecified atom stereocenters. The number of rotatable bonds is 20. The van der Waals surface area contributed by atoms with E-state index in [1.165, 1.54) is 6.33 Å². The molecular formula is C56H71N7O8Si. The molecule has 5 atom stereocenters. The Hall–Kier alpha value is -6.51. The summed E-state index contributed by atoms with van der Waals surface area (Å²) in [6.45, 7) is 23.0. The second-order valence-corrected chi connectivity index (χ2v) is 25.6. The number of H-pyrrole nitrogens is 1. The van der Waals surface area contributed by atoms with E-state index in [-0.39, 0.29) is 40.0 Å². The van der Waals surface area contributed by atoms with Crippen molar-refractivity contribution in [3.8, 4) is 23.3 Å². The number of ketones is 1. The minimum atomic E-state index is -2.85. The molecule has 16 heteroatoms. The minimum Gasteiger partial charge on any atom is -0.497 e. The number of hydrogen-bond acceptors (Lipinski definition) is 13. The zero-order chi connectivity index (χ0) is 52.3.